The molecular weight excluding hydrogens is 164 g/mol. The van der Waals surface area contributed by atoms with Gasteiger partial charge in [0.25, 0.3) is 0 Å². The van der Waals surface area contributed by atoms with Gasteiger partial charge in [-0.2, -0.15) is 0 Å². The minimum Gasteiger partial charge on any atom is -0.481 e. The van der Waals surface area contributed by atoms with Crippen molar-refractivity contribution in [3.8, 4) is 0 Å². The number of carbonyl (C=O) groups is 1. The molecular formula is C11H18O2. The third-order valence-corrected chi connectivity index (χ3v) is 2.82. The van der Waals surface area contributed by atoms with Crippen molar-refractivity contribution in [3.05, 3.63) is 12.2 Å². The largest absolute Gasteiger partial charge is 0.481 e. The van der Waals surface area contributed by atoms with E-state index < -0.39 is 5.97 Å². The molecule has 1 aliphatic carbocycles. The molecule has 0 radical (unpaired) electrons. The Labute approximate surface area is 79.6 Å². The van der Waals surface area contributed by atoms with Crippen molar-refractivity contribution in [3.63, 3.8) is 0 Å². The summed E-state index contributed by atoms with van der Waals surface area (Å²) in [6, 6.07) is 0. The molecule has 0 amide bonds. The van der Waals surface area contributed by atoms with Gasteiger partial charge in [-0.1, -0.05) is 26.0 Å². The highest BCUT2D eigenvalue weighted by molar-refractivity contribution is 5.70. The van der Waals surface area contributed by atoms with Gasteiger partial charge < -0.3 is 5.11 Å². The molecule has 1 aliphatic rings. The first-order valence-electron chi connectivity index (χ1n) is 5.00. The molecule has 2 unspecified atom stereocenters. The number of hydrogen-bond donors (Lipinski definition) is 1. The number of carboxylic acid groups (broad SMARTS) is 1. The third kappa shape index (κ3) is 2.58. The maximum absolute atomic E-state index is 11.0. The van der Waals surface area contributed by atoms with E-state index in [1.165, 1.54) is 0 Å². The van der Waals surface area contributed by atoms with Gasteiger partial charge in [-0.3, -0.25) is 4.79 Å². The van der Waals surface area contributed by atoms with Crippen molar-refractivity contribution in [1.82, 2.24) is 0 Å². The lowest BCUT2D eigenvalue weighted by Gasteiger charge is -2.27. The normalized spacial score (nSPS) is 24.7. The molecule has 13 heavy (non-hydrogen) atoms. The number of carboxylic acids is 1. The summed E-state index contributed by atoms with van der Waals surface area (Å²) in [5.41, 5.74) is 0. The Morgan fingerprint density at radius 3 is 2.54 bits per heavy atom. The molecule has 0 saturated heterocycles. The molecule has 1 rings (SSSR count). The fourth-order valence-electron chi connectivity index (χ4n) is 2.17. The predicted molar refractivity (Wildman–Crippen MR) is 52.4 cm³/mol. The van der Waals surface area contributed by atoms with Gasteiger partial charge in [-0.15, -0.1) is 0 Å². The Balaban J connectivity index is 2.64. The molecule has 0 saturated carbocycles. The molecule has 1 N–H and O–H groups in total. The average Bonchev–Trinajstić information content (AvgIpc) is 2.04. The Morgan fingerprint density at radius 1 is 1.46 bits per heavy atom. The van der Waals surface area contributed by atoms with E-state index >= 15 is 0 Å². The highest BCUT2D eigenvalue weighted by Crippen LogP contribution is 2.31. The van der Waals surface area contributed by atoms with Crippen molar-refractivity contribution in [1.29, 1.82) is 0 Å². The van der Waals surface area contributed by atoms with Crippen LogP contribution in [0.5, 0.6) is 0 Å². The molecule has 0 bridgehead atoms. The van der Waals surface area contributed by atoms with Crippen LogP contribution in [0.25, 0.3) is 0 Å². The van der Waals surface area contributed by atoms with E-state index in [0.29, 0.717) is 5.92 Å². The van der Waals surface area contributed by atoms with Crippen molar-refractivity contribution in [2.24, 2.45) is 17.8 Å². The lowest BCUT2D eigenvalue weighted by atomic mass is 9.77. The summed E-state index contributed by atoms with van der Waals surface area (Å²) >= 11 is 0. The molecule has 0 fully saturated rings. The second-order valence-corrected chi connectivity index (χ2v) is 4.15. The van der Waals surface area contributed by atoms with Crippen LogP contribution in [-0.4, -0.2) is 11.1 Å². The number of allylic oxidation sites excluding steroid dienone is 2. The Kier molecular flexibility index (Phi) is 3.52. The molecule has 0 spiro atoms. The smallest absolute Gasteiger partial charge is 0.307 e. The highest BCUT2D eigenvalue weighted by Gasteiger charge is 2.30. The van der Waals surface area contributed by atoms with Gasteiger partial charge in [0.1, 0.15) is 0 Å². The molecule has 2 nitrogen and oxygen atoms in total. The first kappa shape index (κ1) is 10.3. The minimum atomic E-state index is -0.629. The van der Waals surface area contributed by atoms with E-state index in [1.54, 1.807) is 0 Å². The summed E-state index contributed by atoms with van der Waals surface area (Å²) in [6.45, 7) is 3.99. The lowest BCUT2D eigenvalue weighted by molar-refractivity contribution is -0.145. The van der Waals surface area contributed by atoms with E-state index in [-0.39, 0.29) is 11.8 Å². The van der Waals surface area contributed by atoms with Crippen molar-refractivity contribution in [2.75, 3.05) is 0 Å². The van der Waals surface area contributed by atoms with Crippen LogP contribution in [0.2, 0.25) is 0 Å². The quantitative estimate of drug-likeness (QED) is 0.681. The SMILES string of the molecule is CC(C)C(C(=O)O)C1CC=CCC1. The molecule has 0 aliphatic heterocycles. The summed E-state index contributed by atoms with van der Waals surface area (Å²) in [4.78, 5) is 11.0. The molecule has 0 aromatic heterocycles. The van der Waals surface area contributed by atoms with Gasteiger partial charge in [0.15, 0.2) is 0 Å². The Bertz CT molecular complexity index is 206. The molecule has 2 heteroatoms. The molecule has 0 heterocycles. The molecule has 0 aromatic carbocycles. The van der Waals surface area contributed by atoms with Crippen LogP contribution >= 0.6 is 0 Å². The second kappa shape index (κ2) is 4.45. The van der Waals surface area contributed by atoms with Crippen LogP contribution < -0.4 is 0 Å². The molecule has 2 atom stereocenters. The zero-order valence-electron chi connectivity index (χ0n) is 8.36. The topological polar surface area (TPSA) is 37.3 Å². The molecule has 74 valence electrons. The first-order chi connectivity index (χ1) is 6.13. The van der Waals surface area contributed by atoms with E-state index in [1.807, 2.05) is 13.8 Å². The van der Waals surface area contributed by atoms with Gasteiger partial charge in [-0.05, 0) is 31.1 Å². The van der Waals surface area contributed by atoms with Crippen LogP contribution in [0.3, 0.4) is 0 Å². The fourth-order valence-corrected chi connectivity index (χ4v) is 2.17. The summed E-state index contributed by atoms with van der Waals surface area (Å²) in [6.07, 6.45) is 7.28. The maximum Gasteiger partial charge on any atom is 0.307 e. The summed E-state index contributed by atoms with van der Waals surface area (Å²) in [5.74, 6) is -0.197. The van der Waals surface area contributed by atoms with Crippen molar-refractivity contribution in [2.45, 2.75) is 33.1 Å². The maximum atomic E-state index is 11.0. The fraction of sp³-hybridized carbons (Fsp3) is 0.727. The standard InChI is InChI=1S/C11H18O2/c1-8(2)10(11(12)13)9-6-4-3-5-7-9/h3-4,8-10H,5-7H2,1-2H3,(H,12,13). The predicted octanol–water partition coefficient (Wildman–Crippen LogP) is 2.70. The number of hydrogen-bond acceptors (Lipinski definition) is 1. The van der Waals surface area contributed by atoms with E-state index in [9.17, 15) is 4.79 Å². The first-order valence-corrected chi connectivity index (χ1v) is 5.00. The van der Waals surface area contributed by atoms with Crippen LogP contribution in [-0.2, 0) is 4.79 Å². The number of rotatable bonds is 3. The Morgan fingerprint density at radius 2 is 2.15 bits per heavy atom. The van der Waals surface area contributed by atoms with Gasteiger partial charge in [0.2, 0.25) is 0 Å². The van der Waals surface area contributed by atoms with E-state index in [0.717, 1.165) is 19.3 Å². The van der Waals surface area contributed by atoms with Crippen LogP contribution in [0, 0.1) is 17.8 Å². The van der Waals surface area contributed by atoms with Crippen molar-refractivity contribution >= 4 is 5.97 Å². The zero-order valence-corrected chi connectivity index (χ0v) is 8.36. The van der Waals surface area contributed by atoms with Crippen LogP contribution in [0.15, 0.2) is 12.2 Å². The van der Waals surface area contributed by atoms with E-state index in [2.05, 4.69) is 12.2 Å². The average molecular weight is 182 g/mol. The summed E-state index contributed by atoms with van der Waals surface area (Å²) < 4.78 is 0. The number of aliphatic carboxylic acids is 1. The van der Waals surface area contributed by atoms with Gasteiger partial charge in [-0.25, -0.2) is 0 Å². The van der Waals surface area contributed by atoms with Gasteiger partial charge >= 0.3 is 5.97 Å². The lowest BCUT2D eigenvalue weighted by Crippen LogP contribution is -2.28. The van der Waals surface area contributed by atoms with Crippen LogP contribution in [0.4, 0.5) is 0 Å². The highest BCUT2D eigenvalue weighted by atomic mass is 16.4. The summed E-state index contributed by atoms with van der Waals surface area (Å²) in [7, 11) is 0. The van der Waals surface area contributed by atoms with Gasteiger partial charge in [0, 0.05) is 0 Å². The van der Waals surface area contributed by atoms with Gasteiger partial charge in [0.05, 0.1) is 5.92 Å². The summed E-state index contributed by atoms with van der Waals surface area (Å²) in [5, 5.41) is 9.07. The minimum absolute atomic E-state index is 0.162. The van der Waals surface area contributed by atoms with Crippen LogP contribution in [0.1, 0.15) is 33.1 Å². The Hall–Kier alpha value is -0.790. The third-order valence-electron chi connectivity index (χ3n) is 2.82. The zero-order chi connectivity index (χ0) is 9.84. The second-order valence-electron chi connectivity index (χ2n) is 4.15. The molecule has 0 aromatic rings. The monoisotopic (exact) mass is 182 g/mol. The van der Waals surface area contributed by atoms with E-state index in [4.69, 9.17) is 5.11 Å². The van der Waals surface area contributed by atoms with Crippen molar-refractivity contribution < 1.29 is 9.90 Å².